The van der Waals surface area contributed by atoms with Crippen LogP contribution in [0.5, 0.6) is 0 Å². The SMILES string of the molecule is COCCCCN1CCC(C)(C#N)CC1. The molecular formula is C12H22N2O. The van der Waals surface area contributed by atoms with E-state index in [2.05, 4.69) is 17.9 Å². The van der Waals surface area contributed by atoms with Crippen LogP contribution in [-0.4, -0.2) is 38.3 Å². The minimum atomic E-state index is -0.0664. The Labute approximate surface area is 93.0 Å². The summed E-state index contributed by atoms with van der Waals surface area (Å²) in [5.74, 6) is 0. The standard InChI is InChI=1S/C12H22N2O/c1-12(11-13)5-8-14(9-6-12)7-3-4-10-15-2/h3-10H2,1-2H3. The van der Waals surface area contributed by atoms with Gasteiger partial charge in [-0.2, -0.15) is 5.26 Å². The van der Waals surface area contributed by atoms with Gasteiger partial charge in [0.1, 0.15) is 0 Å². The molecule has 0 aromatic heterocycles. The van der Waals surface area contributed by atoms with E-state index in [9.17, 15) is 0 Å². The lowest BCUT2D eigenvalue weighted by Crippen LogP contribution is -2.38. The summed E-state index contributed by atoms with van der Waals surface area (Å²) in [5, 5.41) is 9.00. The molecule has 1 aliphatic rings. The lowest BCUT2D eigenvalue weighted by molar-refractivity contribution is 0.145. The first kappa shape index (κ1) is 12.5. The van der Waals surface area contributed by atoms with Gasteiger partial charge >= 0.3 is 0 Å². The number of unbranched alkanes of at least 4 members (excludes halogenated alkanes) is 1. The van der Waals surface area contributed by atoms with Gasteiger partial charge < -0.3 is 9.64 Å². The molecule has 0 saturated carbocycles. The van der Waals surface area contributed by atoms with E-state index in [0.717, 1.165) is 45.5 Å². The van der Waals surface area contributed by atoms with Gasteiger partial charge in [0.15, 0.2) is 0 Å². The second-order valence-electron chi connectivity index (χ2n) is 4.71. The van der Waals surface area contributed by atoms with Gasteiger partial charge in [-0.25, -0.2) is 0 Å². The molecule has 3 heteroatoms. The topological polar surface area (TPSA) is 36.3 Å². The number of rotatable bonds is 5. The Hall–Kier alpha value is -0.590. The van der Waals surface area contributed by atoms with Crippen molar-refractivity contribution in [1.29, 1.82) is 5.26 Å². The molecule has 0 unspecified atom stereocenters. The monoisotopic (exact) mass is 210 g/mol. The molecule has 0 N–H and O–H groups in total. The van der Waals surface area contributed by atoms with Crippen LogP contribution < -0.4 is 0 Å². The first-order valence-electron chi connectivity index (χ1n) is 5.83. The van der Waals surface area contributed by atoms with Gasteiger partial charge in [-0.05, 0) is 52.2 Å². The van der Waals surface area contributed by atoms with E-state index in [4.69, 9.17) is 10.00 Å². The molecule has 86 valence electrons. The second-order valence-corrected chi connectivity index (χ2v) is 4.71. The summed E-state index contributed by atoms with van der Waals surface area (Å²) in [6.07, 6.45) is 4.39. The van der Waals surface area contributed by atoms with E-state index in [1.54, 1.807) is 7.11 Å². The van der Waals surface area contributed by atoms with Gasteiger partial charge in [0, 0.05) is 13.7 Å². The van der Waals surface area contributed by atoms with Crippen molar-refractivity contribution < 1.29 is 4.74 Å². The molecule has 1 fully saturated rings. The molecule has 1 aliphatic heterocycles. The number of hydrogen-bond donors (Lipinski definition) is 0. The molecule has 1 saturated heterocycles. The quantitative estimate of drug-likeness (QED) is 0.651. The number of methoxy groups -OCH3 is 1. The zero-order chi connectivity index (χ0) is 11.1. The molecule has 0 spiro atoms. The van der Waals surface area contributed by atoms with Gasteiger partial charge in [-0.3, -0.25) is 0 Å². The van der Waals surface area contributed by atoms with Crippen LogP contribution in [0.25, 0.3) is 0 Å². The summed E-state index contributed by atoms with van der Waals surface area (Å²) in [6, 6.07) is 2.43. The number of likely N-dealkylation sites (tertiary alicyclic amines) is 1. The highest BCUT2D eigenvalue weighted by Gasteiger charge is 2.29. The average Bonchev–Trinajstić information content (AvgIpc) is 2.27. The summed E-state index contributed by atoms with van der Waals surface area (Å²) in [5.41, 5.74) is -0.0664. The van der Waals surface area contributed by atoms with Crippen molar-refractivity contribution in [3.05, 3.63) is 0 Å². The van der Waals surface area contributed by atoms with Crippen LogP contribution >= 0.6 is 0 Å². The van der Waals surface area contributed by atoms with Gasteiger partial charge in [0.05, 0.1) is 11.5 Å². The van der Waals surface area contributed by atoms with Crippen molar-refractivity contribution in [3.63, 3.8) is 0 Å². The maximum absolute atomic E-state index is 9.00. The van der Waals surface area contributed by atoms with Crippen molar-refractivity contribution in [3.8, 4) is 6.07 Å². The van der Waals surface area contributed by atoms with E-state index in [1.165, 1.54) is 6.42 Å². The minimum Gasteiger partial charge on any atom is -0.385 e. The third-order valence-electron chi connectivity index (χ3n) is 3.30. The van der Waals surface area contributed by atoms with Crippen molar-refractivity contribution in [2.24, 2.45) is 5.41 Å². The van der Waals surface area contributed by atoms with Crippen LogP contribution in [-0.2, 0) is 4.74 Å². The smallest absolute Gasteiger partial charge is 0.0687 e. The predicted molar refractivity (Wildman–Crippen MR) is 60.5 cm³/mol. The number of ether oxygens (including phenoxy) is 1. The van der Waals surface area contributed by atoms with Gasteiger partial charge in [0.2, 0.25) is 0 Å². The summed E-state index contributed by atoms with van der Waals surface area (Å²) < 4.78 is 5.02. The highest BCUT2D eigenvalue weighted by Crippen LogP contribution is 2.29. The Balaban J connectivity index is 2.13. The molecule has 0 atom stereocenters. The van der Waals surface area contributed by atoms with Crippen LogP contribution in [0.4, 0.5) is 0 Å². The summed E-state index contributed by atoms with van der Waals surface area (Å²) in [4.78, 5) is 2.47. The van der Waals surface area contributed by atoms with E-state index in [-0.39, 0.29) is 5.41 Å². The number of nitrogens with zero attached hydrogens (tertiary/aromatic N) is 2. The molecular weight excluding hydrogens is 188 g/mol. The zero-order valence-electron chi connectivity index (χ0n) is 9.96. The maximum atomic E-state index is 9.00. The van der Waals surface area contributed by atoms with Gasteiger partial charge in [0.25, 0.3) is 0 Å². The van der Waals surface area contributed by atoms with Crippen LogP contribution in [0.1, 0.15) is 32.6 Å². The fourth-order valence-electron chi connectivity index (χ4n) is 1.96. The van der Waals surface area contributed by atoms with Crippen LogP contribution in [0, 0.1) is 16.7 Å². The van der Waals surface area contributed by atoms with Crippen molar-refractivity contribution >= 4 is 0 Å². The molecule has 1 rings (SSSR count). The van der Waals surface area contributed by atoms with Crippen molar-refractivity contribution in [1.82, 2.24) is 4.90 Å². The Morgan fingerprint density at radius 1 is 1.33 bits per heavy atom. The summed E-state index contributed by atoms with van der Waals surface area (Å²) in [7, 11) is 1.75. The van der Waals surface area contributed by atoms with Gasteiger partial charge in [-0.1, -0.05) is 0 Å². The number of nitriles is 1. The number of piperidine rings is 1. The molecule has 0 bridgehead atoms. The highest BCUT2D eigenvalue weighted by molar-refractivity contribution is 4.98. The summed E-state index contributed by atoms with van der Waals surface area (Å²) >= 11 is 0. The van der Waals surface area contributed by atoms with Crippen molar-refractivity contribution in [2.75, 3.05) is 33.4 Å². The normalized spacial score (nSPS) is 21.1. The van der Waals surface area contributed by atoms with Crippen LogP contribution in [0.2, 0.25) is 0 Å². The molecule has 0 radical (unpaired) electrons. The predicted octanol–water partition coefficient (Wildman–Crippen LogP) is 2.04. The largest absolute Gasteiger partial charge is 0.385 e. The maximum Gasteiger partial charge on any atom is 0.0687 e. The third-order valence-corrected chi connectivity index (χ3v) is 3.30. The lowest BCUT2D eigenvalue weighted by Gasteiger charge is -2.34. The molecule has 0 aromatic carbocycles. The Kier molecular flexibility index (Phi) is 5.07. The van der Waals surface area contributed by atoms with E-state index >= 15 is 0 Å². The van der Waals surface area contributed by atoms with E-state index in [0.29, 0.717) is 0 Å². The first-order valence-corrected chi connectivity index (χ1v) is 5.83. The molecule has 0 aromatic rings. The second kappa shape index (κ2) is 6.09. The van der Waals surface area contributed by atoms with E-state index in [1.807, 2.05) is 0 Å². The van der Waals surface area contributed by atoms with Gasteiger partial charge in [-0.15, -0.1) is 0 Å². The Morgan fingerprint density at radius 3 is 2.53 bits per heavy atom. The first-order chi connectivity index (χ1) is 7.20. The van der Waals surface area contributed by atoms with E-state index < -0.39 is 0 Å². The fraction of sp³-hybridized carbons (Fsp3) is 0.917. The molecule has 1 heterocycles. The molecule has 0 amide bonds. The average molecular weight is 210 g/mol. The summed E-state index contributed by atoms with van der Waals surface area (Å²) in [6.45, 7) is 6.26. The highest BCUT2D eigenvalue weighted by atomic mass is 16.5. The molecule has 3 nitrogen and oxygen atoms in total. The third kappa shape index (κ3) is 4.19. The Bertz CT molecular complexity index is 214. The Morgan fingerprint density at radius 2 is 2.00 bits per heavy atom. The lowest BCUT2D eigenvalue weighted by atomic mass is 9.82. The number of hydrogen-bond acceptors (Lipinski definition) is 3. The van der Waals surface area contributed by atoms with Crippen LogP contribution in [0.3, 0.4) is 0 Å². The molecule has 15 heavy (non-hydrogen) atoms. The zero-order valence-corrected chi connectivity index (χ0v) is 9.96. The molecule has 0 aliphatic carbocycles. The fourth-order valence-corrected chi connectivity index (χ4v) is 1.96. The van der Waals surface area contributed by atoms with Crippen molar-refractivity contribution in [2.45, 2.75) is 32.6 Å². The minimum absolute atomic E-state index is 0.0664. The van der Waals surface area contributed by atoms with Crippen LogP contribution in [0.15, 0.2) is 0 Å².